The Hall–Kier alpha value is -3.36. The van der Waals surface area contributed by atoms with Crippen LogP contribution in [0.15, 0.2) is 48.7 Å². The van der Waals surface area contributed by atoms with Gasteiger partial charge in [-0.15, -0.1) is 11.3 Å². The molecule has 4 heterocycles. The van der Waals surface area contributed by atoms with E-state index in [1.54, 1.807) is 29.7 Å². The lowest BCUT2D eigenvalue weighted by Gasteiger charge is -2.28. The van der Waals surface area contributed by atoms with Crippen molar-refractivity contribution < 1.29 is 19.4 Å². The van der Waals surface area contributed by atoms with Crippen molar-refractivity contribution in [2.75, 3.05) is 13.7 Å². The number of thiophene rings is 1. The first-order valence-corrected chi connectivity index (χ1v) is 12.0. The van der Waals surface area contributed by atoms with E-state index in [1.165, 1.54) is 18.7 Å². The molecule has 0 bridgehead atoms. The number of carboxylic acid groups (broad SMARTS) is 1. The zero-order valence-electron chi connectivity index (χ0n) is 18.5. The number of methoxy groups -OCH3 is 1. The first kappa shape index (κ1) is 22.4. The highest BCUT2D eigenvalue weighted by Crippen LogP contribution is 2.32. The Morgan fingerprint density at radius 3 is 2.82 bits per heavy atom. The molecule has 0 aliphatic carbocycles. The second-order valence-electron chi connectivity index (χ2n) is 8.17. The number of carboxylic acids is 1. The molecule has 34 heavy (non-hydrogen) atoms. The van der Waals surface area contributed by atoms with Crippen LogP contribution in [0.2, 0.25) is 4.34 Å². The van der Waals surface area contributed by atoms with Gasteiger partial charge in [0.25, 0.3) is 0 Å². The molecular weight excluding hydrogens is 474 g/mol. The lowest BCUT2D eigenvalue weighted by Crippen LogP contribution is -2.37. The molecule has 9 heteroatoms. The minimum Gasteiger partial charge on any atom is -0.496 e. The Morgan fingerprint density at radius 1 is 1.24 bits per heavy atom. The van der Waals surface area contributed by atoms with Gasteiger partial charge in [-0.05, 0) is 53.9 Å². The number of hydrogen-bond donors (Lipinski definition) is 1. The molecule has 1 aromatic carbocycles. The number of aromatic nitrogens is 2. The van der Waals surface area contributed by atoms with E-state index in [9.17, 15) is 14.7 Å². The molecule has 7 nitrogen and oxygen atoms in total. The summed E-state index contributed by atoms with van der Waals surface area (Å²) in [6.45, 7) is 1.76. The molecule has 174 valence electrons. The van der Waals surface area contributed by atoms with E-state index < -0.39 is 5.97 Å². The maximum atomic E-state index is 13.2. The predicted molar refractivity (Wildman–Crippen MR) is 131 cm³/mol. The van der Waals surface area contributed by atoms with Crippen LogP contribution in [-0.2, 0) is 30.7 Å². The van der Waals surface area contributed by atoms with Crippen LogP contribution in [0, 0.1) is 0 Å². The van der Waals surface area contributed by atoms with Gasteiger partial charge in [0.1, 0.15) is 17.0 Å². The number of pyridine rings is 1. The Labute approximate surface area is 205 Å². The van der Waals surface area contributed by atoms with Crippen LogP contribution in [0.1, 0.15) is 32.1 Å². The van der Waals surface area contributed by atoms with Crippen LogP contribution in [0.25, 0.3) is 11.0 Å². The van der Waals surface area contributed by atoms with E-state index in [0.29, 0.717) is 25.2 Å². The fourth-order valence-electron chi connectivity index (χ4n) is 4.54. The van der Waals surface area contributed by atoms with Crippen LogP contribution in [0.3, 0.4) is 0 Å². The smallest absolute Gasteiger partial charge is 0.339 e. The summed E-state index contributed by atoms with van der Waals surface area (Å²) < 4.78 is 8.14. The summed E-state index contributed by atoms with van der Waals surface area (Å²) in [5.41, 5.74) is 4.04. The van der Waals surface area contributed by atoms with Crippen LogP contribution >= 0.6 is 22.9 Å². The summed E-state index contributed by atoms with van der Waals surface area (Å²) >= 11 is 7.70. The van der Waals surface area contributed by atoms with Gasteiger partial charge < -0.3 is 19.3 Å². The zero-order valence-corrected chi connectivity index (χ0v) is 20.0. The summed E-state index contributed by atoms with van der Waals surface area (Å²) in [6, 6.07) is 12.7. The fourth-order valence-corrected chi connectivity index (χ4v) is 5.62. The summed E-state index contributed by atoms with van der Waals surface area (Å²) in [5.74, 6) is -0.828. The summed E-state index contributed by atoms with van der Waals surface area (Å²) in [7, 11) is 1.42. The van der Waals surface area contributed by atoms with Gasteiger partial charge in [0.05, 0.1) is 31.0 Å². The number of carbonyl (C=O) groups excluding carboxylic acids is 1. The largest absolute Gasteiger partial charge is 0.496 e. The Balaban J connectivity index is 1.42. The maximum absolute atomic E-state index is 13.2. The zero-order chi connectivity index (χ0) is 23.8. The molecule has 0 fully saturated rings. The van der Waals surface area contributed by atoms with Crippen molar-refractivity contribution in [1.82, 2.24) is 14.5 Å². The van der Waals surface area contributed by atoms with Crippen molar-refractivity contribution in [3.63, 3.8) is 0 Å². The molecule has 4 aromatic rings. The second-order valence-corrected chi connectivity index (χ2v) is 9.97. The van der Waals surface area contributed by atoms with E-state index >= 15 is 0 Å². The summed E-state index contributed by atoms with van der Waals surface area (Å²) in [6.07, 6.45) is 2.72. The summed E-state index contributed by atoms with van der Waals surface area (Å²) in [4.78, 5) is 32.2. The number of benzene rings is 1. The third-order valence-corrected chi connectivity index (χ3v) is 7.38. The second kappa shape index (κ2) is 9.12. The van der Waals surface area contributed by atoms with Crippen molar-refractivity contribution in [2.24, 2.45) is 0 Å². The molecule has 0 unspecified atom stereocenters. The van der Waals surface area contributed by atoms with E-state index in [1.807, 2.05) is 23.1 Å². The van der Waals surface area contributed by atoms with Crippen LogP contribution in [0.4, 0.5) is 0 Å². The number of hydrogen-bond acceptors (Lipinski definition) is 5. The fraction of sp³-hybridized carbons (Fsp3) is 0.240. The number of nitrogens with zero attached hydrogens (tertiary/aromatic N) is 3. The molecule has 3 aromatic heterocycles. The van der Waals surface area contributed by atoms with E-state index in [0.717, 1.165) is 32.4 Å². The van der Waals surface area contributed by atoms with Gasteiger partial charge in [-0.2, -0.15) is 0 Å². The third kappa shape index (κ3) is 4.15. The standard InChI is InChI=1S/C25H22ClN3O4S/c1-33-21-11-15(4-6-19(21)25(31)32)12-23(30)28-10-8-17-18-3-2-9-27-24(18)29(20(17)14-28)13-16-5-7-22(26)34-16/h2-7,9,11H,8,10,12-14H2,1H3,(H,31,32). The molecule has 1 amide bonds. The normalized spacial score (nSPS) is 13.2. The van der Waals surface area contributed by atoms with E-state index in [4.69, 9.17) is 16.3 Å². The van der Waals surface area contributed by atoms with E-state index in [-0.39, 0.29) is 23.6 Å². The molecule has 1 aliphatic heterocycles. The number of amides is 1. The van der Waals surface area contributed by atoms with Crippen molar-refractivity contribution in [3.8, 4) is 5.75 Å². The quantitative estimate of drug-likeness (QED) is 0.421. The van der Waals surface area contributed by atoms with Gasteiger partial charge in [-0.1, -0.05) is 17.7 Å². The van der Waals surface area contributed by atoms with Gasteiger partial charge in [0.2, 0.25) is 5.91 Å². The monoisotopic (exact) mass is 495 g/mol. The highest BCUT2D eigenvalue weighted by molar-refractivity contribution is 7.16. The van der Waals surface area contributed by atoms with Crippen LogP contribution in [-0.4, -0.2) is 45.1 Å². The van der Waals surface area contributed by atoms with Crippen LogP contribution in [0.5, 0.6) is 5.75 Å². The highest BCUT2D eigenvalue weighted by Gasteiger charge is 2.27. The highest BCUT2D eigenvalue weighted by atomic mass is 35.5. The predicted octanol–water partition coefficient (Wildman–Crippen LogP) is 4.63. The minimum atomic E-state index is -1.06. The topological polar surface area (TPSA) is 84.7 Å². The summed E-state index contributed by atoms with van der Waals surface area (Å²) in [5, 5.41) is 10.4. The van der Waals surface area contributed by atoms with Gasteiger partial charge in [0.15, 0.2) is 0 Å². The lowest BCUT2D eigenvalue weighted by molar-refractivity contribution is -0.131. The lowest BCUT2D eigenvalue weighted by atomic mass is 10.0. The molecule has 1 N–H and O–H groups in total. The molecule has 0 saturated carbocycles. The first-order chi connectivity index (χ1) is 16.4. The first-order valence-electron chi connectivity index (χ1n) is 10.8. The number of halogens is 1. The number of rotatable bonds is 6. The van der Waals surface area contributed by atoms with Crippen molar-refractivity contribution in [2.45, 2.75) is 25.9 Å². The molecule has 0 radical (unpaired) electrons. The van der Waals surface area contributed by atoms with Gasteiger partial charge in [-0.3, -0.25) is 4.79 Å². The maximum Gasteiger partial charge on any atom is 0.339 e. The third-order valence-electron chi connectivity index (χ3n) is 6.16. The van der Waals surface area contributed by atoms with Gasteiger partial charge >= 0.3 is 5.97 Å². The molecule has 1 aliphatic rings. The van der Waals surface area contributed by atoms with Crippen molar-refractivity contribution >= 4 is 45.8 Å². The number of carbonyl (C=O) groups is 2. The Kier molecular flexibility index (Phi) is 6.02. The number of aromatic carboxylic acids is 1. The molecule has 5 rings (SSSR count). The molecule has 0 spiro atoms. The SMILES string of the molecule is COc1cc(CC(=O)N2CCc3c(n(Cc4ccc(Cl)s4)c4ncccc34)C2)ccc1C(=O)O. The van der Waals surface area contributed by atoms with Gasteiger partial charge in [0, 0.05) is 28.7 Å². The average Bonchev–Trinajstić information content (AvgIpc) is 3.39. The number of fused-ring (bicyclic) bond motifs is 3. The van der Waals surface area contributed by atoms with Gasteiger partial charge in [-0.25, -0.2) is 9.78 Å². The van der Waals surface area contributed by atoms with Crippen LogP contribution < -0.4 is 4.74 Å². The Bertz CT molecular complexity index is 1410. The molecular formula is C25H22ClN3O4S. The molecule has 0 saturated heterocycles. The van der Waals surface area contributed by atoms with Crippen molar-refractivity contribution in [3.05, 3.63) is 80.3 Å². The Morgan fingerprint density at radius 2 is 2.09 bits per heavy atom. The minimum absolute atomic E-state index is 0.0142. The number of ether oxygens (including phenoxy) is 1. The van der Waals surface area contributed by atoms with E-state index in [2.05, 4.69) is 15.6 Å². The average molecular weight is 496 g/mol. The molecule has 0 atom stereocenters. The van der Waals surface area contributed by atoms with Crippen molar-refractivity contribution in [1.29, 1.82) is 0 Å².